The lowest BCUT2D eigenvalue weighted by Gasteiger charge is -2.13. The van der Waals surface area contributed by atoms with E-state index < -0.39 is 0 Å². The van der Waals surface area contributed by atoms with Crippen LogP contribution < -0.4 is 5.73 Å². The van der Waals surface area contributed by atoms with Crippen LogP contribution in [-0.2, 0) is 11.3 Å². The fourth-order valence-corrected chi connectivity index (χ4v) is 1.72. The molecule has 0 radical (unpaired) electrons. The Labute approximate surface area is 88.8 Å². The molecular formula is C9H17N5O. The minimum atomic E-state index is 0.0535. The van der Waals surface area contributed by atoms with Crippen LogP contribution in [0.15, 0.2) is 0 Å². The molecule has 0 spiro atoms. The molecule has 1 atom stereocenters. The minimum Gasteiger partial charge on any atom is -0.373 e. The van der Waals surface area contributed by atoms with Gasteiger partial charge in [-0.2, -0.15) is 0 Å². The molecule has 1 fully saturated rings. The van der Waals surface area contributed by atoms with Crippen molar-refractivity contribution in [2.75, 3.05) is 13.7 Å². The van der Waals surface area contributed by atoms with Gasteiger partial charge in [-0.05, 0) is 42.2 Å². The van der Waals surface area contributed by atoms with E-state index in [1.54, 1.807) is 11.8 Å². The average Bonchev–Trinajstić information content (AvgIpc) is 2.97. The standard InChI is InChI=1S/C9H17N5O/c1-15-8(7-3-4-7)9-11-12-13-14(9)6-2-5-10/h7-8H,2-6,10H2,1H3. The highest BCUT2D eigenvalue weighted by Gasteiger charge is 2.35. The molecule has 0 saturated heterocycles. The second-order valence-corrected chi connectivity index (χ2v) is 3.90. The number of nitrogens with two attached hydrogens (primary N) is 1. The fourth-order valence-electron chi connectivity index (χ4n) is 1.72. The van der Waals surface area contributed by atoms with Crippen molar-refractivity contribution in [3.05, 3.63) is 5.82 Å². The first-order chi connectivity index (χ1) is 7.36. The minimum absolute atomic E-state index is 0.0535. The van der Waals surface area contributed by atoms with E-state index in [9.17, 15) is 0 Å². The van der Waals surface area contributed by atoms with Gasteiger partial charge in [-0.25, -0.2) is 4.68 Å². The first-order valence-corrected chi connectivity index (χ1v) is 5.35. The Bertz CT molecular complexity index is 309. The van der Waals surface area contributed by atoms with Gasteiger partial charge in [-0.3, -0.25) is 0 Å². The van der Waals surface area contributed by atoms with Gasteiger partial charge in [-0.15, -0.1) is 5.10 Å². The van der Waals surface area contributed by atoms with Gasteiger partial charge in [-0.1, -0.05) is 0 Å². The molecule has 84 valence electrons. The third kappa shape index (κ3) is 2.32. The van der Waals surface area contributed by atoms with Crippen LogP contribution in [-0.4, -0.2) is 33.9 Å². The molecule has 1 unspecified atom stereocenters. The van der Waals surface area contributed by atoms with Crippen LogP contribution in [0.2, 0.25) is 0 Å². The topological polar surface area (TPSA) is 78.9 Å². The smallest absolute Gasteiger partial charge is 0.180 e. The second-order valence-electron chi connectivity index (χ2n) is 3.90. The Morgan fingerprint density at radius 3 is 3.00 bits per heavy atom. The number of nitrogens with zero attached hydrogens (tertiary/aromatic N) is 4. The molecule has 1 aliphatic rings. The first kappa shape index (κ1) is 10.5. The molecule has 2 rings (SSSR count). The SMILES string of the molecule is COC(c1nnnn1CCCN)C1CC1. The predicted octanol–water partition coefficient (Wildman–Crippen LogP) is 0.119. The number of rotatable bonds is 6. The van der Waals surface area contributed by atoms with Crippen LogP contribution in [0.4, 0.5) is 0 Å². The largest absolute Gasteiger partial charge is 0.373 e. The number of tetrazole rings is 1. The third-order valence-electron chi connectivity index (χ3n) is 2.69. The van der Waals surface area contributed by atoms with Crippen molar-refractivity contribution in [3.8, 4) is 0 Å². The summed E-state index contributed by atoms with van der Waals surface area (Å²) in [6.45, 7) is 1.42. The molecule has 1 aromatic heterocycles. The van der Waals surface area contributed by atoms with Gasteiger partial charge in [0.2, 0.25) is 0 Å². The molecule has 0 aliphatic heterocycles. The quantitative estimate of drug-likeness (QED) is 0.723. The first-order valence-electron chi connectivity index (χ1n) is 5.35. The Balaban J connectivity index is 2.07. The highest BCUT2D eigenvalue weighted by molar-refractivity contribution is 4.96. The van der Waals surface area contributed by atoms with Gasteiger partial charge < -0.3 is 10.5 Å². The summed E-state index contributed by atoms with van der Waals surface area (Å²) in [5.74, 6) is 1.44. The number of hydrogen-bond donors (Lipinski definition) is 1. The van der Waals surface area contributed by atoms with E-state index in [-0.39, 0.29) is 6.10 Å². The van der Waals surface area contributed by atoms with Gasteiger partial charge in [0.05, 0.1) is 0 Å². The molecule has 1 aromatic rings. The molecular weight excluding hydrogens is 194 g/mol. The summed E-state index contributed by atoms with van der Waals surface area (Å²) in [6.07, 6.45) is 3.36. The molecule has 1 heterocycles. The fraction of sp³-hybridized carbons (Fsp3) is 0.889. The molecule has 2 N–H and O–H groups in total. The lowest BCUT2D eigenvalue weighted by molar-refractivity contribution is 0.0728. The maximum absolute atomic E-state index is 5.46. The molecule has 0 aromatic carbocycles. The monoisotopic (exact) mass is 211 g/mol. The van der Waals surface area contributed by atoms with Crippen LogP contribution in [0.5, 0.6) is 0 Å². The number of aromatic nitrogens is 4. The number of aryl methyl sites for hydroxylation is 1. The van der Waals surface area contributed by atoms with E-state index in [0.717, 1.165) is 18.8 Å². The lowest BCUT2D eigenvalue weighted by atomic mass is 10.2. The maximum Gasteiger partial charge on any atom is 0.180 e. The van der Waals surface area contributed by atoms with Crippen molar-refractivity contribution < 1.29 is 4.74 Å². The van der Waals surface area contributed by atoms with E-state index >= 15 is 0 Å². The van der Waals surface area contributed by atoms with Crippen LogP contribution in [0.25, 0.3) is 0 Å². The molecule has 0 amide bonds. The highest BCUT2D eigenvalue weighted by Crippen LogP contribution is 2.41. The van der Waals surface area contributed by atoms with Crippen LogP contribution in [0.3, 0.4) is 0 Å². The van der Waals surface area contributed by atoms with Gasteiger partial charge >= 0.3 is 0 Å². The summed E-state index contributed by atoms with van der Waals surface area (Å²) in [5, 5.41) is 11.7. The summed E-state index contributed by atoms with van der Waals surface area (Å²) in [7, 11) is 1.71. The van der Waals surface area contributed by atoms with Gasteiger partial charge in [0.1, 0.15) is 6.10 Å². The number of methoxy groups -OCH3 is 1. The Morgan fingerprint density at radius 1 is 1.60 bits per heavy atom. The summed E-state index contributed by atoms with van der Waals surface area (Å²) in [4.78, 5) is 0. The molecule has 6 nitrogen and oxygen atoms in total. The summed E-state index contributed by atoms with van der Waals surface area (Å²) < 4.78 is 7.25. The summed E-state index contributed by atoms with van der Waals surface area (Å²) in [5.41, 5.74) is 5.46. The Hall–Kier alpha value is -1.01. The zero-order valence-electron chi connectivity index (χ0n) is 8.96. The second kappa shape index (κ2) is 4.67. The van der Waals surface area contributed by atoms with Crippen LogP contribution in [0, 0.1) is 5.92 Å². The Kier molecular flexibility index (Phi) is 3.27. The van der Waals surface area contributed by atoms with E-state index in [2.05, 4.69) is 15.5 Å². The van der Waals surface area contributed by atoms with Crippen LogP contribution >= 0.6 is 0 Å². The van der Waals surface area contributed by atoms with Crippen LogP contribution in [0.1, 0.15) is 31.2 Å². The van der Waals surface area contributed by atoms with Gasteiger partial charge in [0.25, 0.3) is 0 Å². The van der Waals surface area contributed by atoms with Crippen molar-refractivity contribution in [2.45, 2.75) is 31.9 Å². The van der Waals surface area contributed by atoms with E-state index in [0.29, 0.717) is 12.5 Å². The normalized spacial score (nSPS) is 18.0. The number of hydrogen-bond acceptors (Lipinski definition) is 5. The van der Waals surface area contributed by atoms with Crippen molar-refractivity contribution in [1.29, 1.82) is 0 Å². The molecule has 1 aliphatic carbocycles. The predicted molar refractivity (Wildman–Crippen MR) is 54.0 cm³/mol. The third-order valence-corrected chi connectivity index (χ3v) is 2.69. The molecule has 6 heteroatoms. The number of ether oxygens (including phenoxy) is 1. The maximum atomic E-state index is 5.46. The van der Waals surface area contributed by atoms with Gasteiger partial charge in [0, 0.05) is 13.7 Å². The summed E-state index contributed by atoms with van der Waals surface area (Å²) in [6, 6.07) is 0. The lowest BCUT2D eigenvalue weighted by Crippen LogP contribution is -2.15. The molecule has 0 bridgehead atoms. The summed E-state index contributed by atoms with van der Waals surface area (Å²) >= 11 is 0. The molecule has 15 heavy (non-hydrogen) atoms. The van der Waals surface area contributed by atoms with Crippen molar-refractivity contribution in [3.63, 3.8) is 0 Å². The zero-order valence-corrected chi connectivity index (χ0v) is 8.96. The van der Waals surface area contributed by atoms with Crippen molar-refractivity contribution in [1.82, 2.24) is 20.2 Å². The highest BCUT2D eigenvalue weighted by atomic mass is 16.5. The average molecular weight is 211 g/mol. The van der Waals surface area contributed by atoms with Crippen molar-refractivity contribution >= 4 is 0 Å². The van der Waals surface area contributed by atoms with Crippen molar-refractivity contribution in [2.24, 2.45) is 11.7 Å². The zero-order chi connectivity index (χ0) is 10.7. The molecule has 1 saturated carbocycles. The van der Waals surface area contributed by atoms with Gasteiger partial charge in [0.15, 0.2) is 5.82 Å². The van der Waals surface area contributed by atoms with E-state index in [1.165, 1.54) is 12.8 Å². The van der Waals surface area contributed by atoms with E-state index in [4.69, 9.17) is 10.5 Å². The Morgan fingerprint density at radius 2 is 2.40 bits per heavy atom. The van der Waals surface area contributed by atoms with E-state index in [1.807, 2.05) is 0 Å².